The molecule has 17 heavy (non-hydrogen) atoms. The van der Waals surface area contributed by atoms with Crippen LogP contribution in [0, 0.1) is 0 Å². The van der Waals surface area contributed by atoms with Crippen molar-refractivity contribution < 1.29 is 9.84 Å². The summed E-state index contributed by atoms with van der Waals surface area (Å²) in [6.45, 7) is 13.6. The SMILES string of the molecule is C=CC(C)(O)CC[C@@H]1O[C@@H](C=C(C)C)CC1=C. The number of ether oxygens (including phenoxy) is 1. The number of rotatable bonds is 5. The van der Waals surface area contributed by atoms with Crippen molar-refractivity contribution in [3.8, 4) is 0 Å². The van der Waals surface area contributed by atoms with Crippen LogP contribution in [0.25, 0.3) is 0 Å². The molecule has 0 spiro atoms. The number of hydrogen-bond donors (Lipinski definition) is 1. The minimum atomic E-state index is -0.807. The van der Waals surface area contributed by atoms with Crippen molar-refractivity contribution in [2.24, 2.45) is 0 Å². The molecule has 0 amide bonds. The minimum absolute atomic E-state index is 0.0713. The van der Waals surface area contributed by atoms with E-state index in [1.54, 1.807) is 13.0 Å². The Kier molecular flexibility index (Phi) is 4.72. The summed E-state index contributed by atoms with van der Waals surface area (Å²) in [6, 6.07) is 0. The molecular formula is C15H24O2. The van der Waals surface area contributed by atoms with Crippen molar-refractivity contribution in [2.45, 2.75) is 57.8 Å². The number of allylic oxidation sites excluding steroid dienone is 1. The van der Waals surface area contributed by atoms with Gasteiger partial charge in [-0.3, -0.25) is 0 Å². The summed E-state index contributed by atoms with van der Waals surface area (Å²) in [5.74, 6) is 0. The predicted molar refractivity (Wildman–Crippen MR) is 71.9 cm³/mol. The van der Waals surface area contributed by atoms with Crippen molar-refractivity contribution in [1.82, 2.24) is 0 Å². The zero-order valence-corrected chi connectivity index (χ0v) is 11.2. The first-order valence-electron chi connectivity index (χ1n) is 6.18. The summed E-state index contributed by atoms with van der Waals surface area (Å²) >= 11 is 0. The van der Waals surface area contributed by atoms with Gasteiger partial charge in [0.2, 0.25) is 0 Å². The van der Waals surface area contributed by atoms with Crippen LogP contribution in [-0.4, -0.2) is 22.9 Å². The van der Waals surface area contributed by atoms with E-state index in [4.69, 9.17) is 4.74 Å². The summed E-state index contributed by atoms with van der Waals surface area (Å²) in [5.41, 5.74) is 1.59. The molecule has 2 nitrogen and oxygen atoms in total. The molecule has 1 N–H and O–H groups in total. The van der Waals surface area contributed by atoms with Gasteiger partial charge < -0.3 is 9.84 Å². The van der Waals surface area contributed by atoms with E-state index in [1.165, 1.54) is 5.57 Å². The van der Waals surface area contributed by atoms with Gasteiger partial charge in [0.15, 0.2) is 0 Å². The Balaban J connectivity index is 2.49. The maximum absolute atomic E-state index is 9.87. The van der Waals surface area contributed by atoms with Crippen LogP contribution in [0.2, 0.25) is 0 Å². The van der Waals surface area contributed by atoms with Crippen LogP contribution < -0.4 is 0 Å². The van der Waals surface area contributed by atoms with E-state index < -0.39 is 5.60 Å². The highest BCUT2D eigenvalue weighted by molar-refractivity contribution is 5.15. The van der Waals surface area contributed by atoms with Crippen LogP contribution in [0.3, 0.4) is 0 Å². The summed E-state index contributed by atoms with van der Waals surface area (Å²) in [5, 5.41) is 9.87. The molecule has 1 unspecified atom stereocenters. The van der Waals surface area contributed by atoms with Crippen LogP contribution in [0.4, 0.5) is 0 Å². The zero-order chi connectivity index (χ0) is 13.1. The third-order valence-corrected chi connectivity index (χ3v) is 3.13. The van der Waals surface area contributed by atoms with Crippen LogP contribution in [0.15, 0.2) is 36.5 Å². The maximum atomic E-state index is 9.87. The maximum Gasteiger partial charge on any atom is 0.0804 e. The molecule has 2 heteroatoms. The predicted octanol–water partition coefficient (Wildman–Crippen LogP) is 3.38. The molecule has 0 aromatic carbocycles. The fourth-order valence-electron chi connectivity index (χ4n) is 2.01. The molecule has 1 rings (SSSR count). The first-order chi connectivity index (χ1) is 7.84. The molecule has 0 aromatic heterocycles. The van der Waals surface area contributed by atoms with Crippen molar-refractivity contribution >= 4 is 0 Å². The van der Waals surface area contributed by atoms with Gasteiger partial charge in [0.25, 0.3) is 0 Å². The Labute approximate surface area is 105 Å². The van der Waals surface area contributed by atoms with Gasteiger partial charge in [-0.25, -0.2) is 0 Å². The van der Waals surface area contributed by atoms with E-state index in [9.17, 15) is 5.11 Å². The Morgan fingerprint density at radius 3 is 2.76 bits per heavy atom. The first kappa shape index (κ1) is 14.2. The molecule has 96 valence electrons. The van der Waals surface area contributed by atoms with Gasteiger partial charge in [-0.15, -0.1) is 6.58 Å². The largest absolute Gasteiger partial charge is 0.386 e. The topological polar surface area (TPSA) is 29.5 Å². The van der Waals surface area contributed by atoms with Crippen molar-refractivity contribution in [3.05, 3.63) is 36.5 Å². The minimum Gasteiger partial charge on any atom is -0.386 e. The number of aliphatic hydroxyl groups is 1. The van der Waals surface area contributed by atoms with E-state index in [1.807, 2.05) is 0 Å². The van der Waals surface area contributed by atoms with E-state index in [0.29, 0.717) is 6.42 Å². The molecule has 1 saturated heterocycles. The second-order valence-electron chi connectivity index (χ2n) is 5.37. The lowest BCUT2D eigenvalue weighted by molar-refractivity contribution is 0.0454. The van der Waals surface area contributed by atoms with Gasteiger partial charge in [0.1, 0.15) is 0 Å². The van der Waals surface area contributed by atoms with E-state index in [2.05, 4.69) is 33.1 Å². The molecule has 1 fully saturated rings. The standard InChI is InChI=1S/C15H24O2/c1-6-15(5,16)8-7-14-12(4)10-13(17-14)9-11(2)3/h6,9,13-14,16H,1,4,7-8,10H2,2-3,5H3/t13-,14-,15?/m0/s1. The van der Waals surface area contributed by atoms with Crippen LogP contribution in [0.1, 0.15) is 40.0 Å². The summed E-state index contributed by atoms with van der Waals surface area (Å²) in [7, 11) is 0. The lowest BCUT2D eigenvalue weighted by Crippen LogP contribution is -2.23. The smallest absolute Gasteiger partial charge is 0.0804 e. The molecule has 3 atom stereocenters. The molecule has 1 heterocycles. The molecule has 0 aromatic rings. The Bertz CT molecular complexity index is 322. The third kappa shape index (κ3) is 4.49. The third-order valence-electron chi connectivity index (χ3n) is 3.13. The molecule has 0 radical (unpaired) electrons. The average molecular weight is 236 g/mol. The lowest BCUT2D eigenvalue weighted by atomic mass is 9.95. The second kappa shape index (κ2) is 5.65. The summed E-state index contributed by atoms with van der Waals surface area (Å²) in [4.78, 5) is 0. The quantitative estimate of drug-likeness (QED) is 0.741. The second-order valence-corrected chi connectivity index (χ2v) is 5.37. The fourth-order valence-corrected chi connectivity index (χ4v) is 2.01. The summed E-state index contributed by atoms with van der Waals surface area (Å²) < 4.78 is 5.90. The van der Waals surface area contributed by atoms with Gasteiger partial charge in [-0.1, -0.05) is 24.3 Å². The van der Waals surface area contributed by atoms with Crippen molar-refractivity contribution in [2.75, 3.05) is 0 Å². The average Bonchev–Trinajstić information content (AvgIpc) is 2.55. The molecule has 0 saturated carbocycles. The molecular weight excluding hydrogens is 212 g/mol. The van der Waals surface area contributed by atoms with E-state index >= 15 is 0 Å². The zero-order valence-electron chi connectivity index (χ0n) is 11.2. The van der Waals surface area contributed by atoms with Gasteiger partial charge in [0, 0.05) is 6.42 Å². The Hall–Kier alpha value is -0.860. The normalized spacial score (nSPS) is 27.6. The Morgan fingerprint density at radius 2 is 2.24 bits per heavy atom. The van der Waals surface area contributed by atoms with Crippen LogP contribution in [0.5, 0.6) is 0 Å². The summed E-state index contributed by atoms with van der Waals surface area (Å²) in [6.07, 6.45) is 6.29. The van der Waals surface area contributed by atoms with Crippen molar-refractivity contribution in [1.29, 1.82) is 0 Å². The van der Waals surface area contributed by atoms with E-state index in [0.717, 1.165) is 18.4 Å². The molecule has 1 aliphatic rings. The van der Waals surface area contributed by atoms with Crippen LogP contribution in [-0.2, 0) is 4.74 Å². The molecule has 0 bridgehead atoms. The lowest BCUT2D eigenvalue weighted by Gasteiger charge is -2.21. The Morgan fingerprint density at radius 1 is 1.59 bits per heavy atom. The van der Waals surface area contributed by atoms with Gasteiger partial charge in [-0.2, -0.15) is 0 Å². The number of hydrogen-bond acceptors (Lipinski definition) is 2. The van der Waals surface area contributed by atoms with Gasteiger partial charge in [-0.05, 0) is 39.2 Å². The molecule has 1 aliphatic heterocycles. The van der Waals surface area contributed by atoms with Gasteiger partial charge >= 0.3 is 0 Å². The monoisotopic (exact) mass is 236 g/mol. The van der Waals surface area contributed by atoms with E-state index in [-0.39, 0.29) is 12.2 Å². The highest BCUT2D eigenvalue weighted by Crippen LogP contribution is 2.30. The highest BCUT2D eigenvalue weighted by atomic mass is 16.5. The van der Waals surface area contributed by atoms with Crippen LogP contribution >= 0.6 is 0 Å². The fraction of sp³-hybridized carbons (Fsp3) is 0.600. The first-order valence-corrected chi connectivity index (χ1v) is 6.18. The van der Waals surface area contributed by atoms with Crippen molar-refractivity contribution in [3.63, 3.8) is 0 Å². The molecule has 0 aliphatic carbocycles. The highest BCUT2D eigenvalue weighted by Gasteiger charge is 2.29. The van der Waals surface area contributed by atoms with Gasteiger partial charge in [0.05, 0.1) is 17.8 Å².